The Morgan fingerprint density at radius 1 is 1.22 bits per heavy atom. The monoisotopic (exact) mass is 333 g/mol. The van der Waals surface area contributed by atoms with Crippen LogP contribution in [0.3, 0.4) is 0 Å². The van der Waals surface area contributed by atoms with Crippen LogP contribution in [0.1, 0.15) is 10.5 Å². The van der Waals surface area contributed by atoms with Crippen LogP contribution in [-0.2, 0) is 9.47 Å². The van der Waals surface area contributed by atoms with Gasteiger partial charge in [0, 0.05) is 26.1 Å². The van der Waals surface area contributed by atoms with Crippen molar-refractivity contribution < 1.29 is 19.0 Å². The molecule has 0 aliphatic rings. The lowest BCUT2D eigenvalue weighted by molar-refractivity contribution is 0.0227. The van der Waals surface area contributed by atoms with Crippen molar-refractivity contribution in [3.8, 4) is 5.75 Å². The summed E-state index contributed by atoms with van der Waals surface area (Å²) in [4.78, 5) is 16.0. The second kappa shape index (κ2) is 7.57. The fourth-order valence-electron chi connectivity index (χ4n) is 2.01. The summed E-state index contributed by atoms with van der Waals surface area (Å²) >= 11 is 0. The number of benzene rings is 1. The Bertz CT molecular complexity index is 682. The lowest BCUT2D eigenvalue weighted by Gasteiger charge is -2.16. The molecule has 0 atom stereocenters. The van der Waals surface area contributed by atoms with Crippen molar-refractivity contribution in [2.75, 3.05) is 20.5 Å². The molecule has 0 radical (unpaired) electrons. The molecule has 124 valence electrons. The number of hydrogen-bond donors (Lipinski definition) is 0. The fraction of sp³-hybridized carbons (Fsp3) is 0.412. The van der Waals surface area contributed by atoms with E-state index in [1.165, 1.54) is 7.11 Å². The second-order valence-corrected chi connectivity index (χ2v) is 12.1. The van der Waals surface area contributed by atoms with Gasteiger partial charge in [0.2, 0.25) is 0 Å². The quantitative estimate of drug-likeness (QED) is 0.334. The minimum Gasteiger partial charge on any atom is -0.467 e. The predicted octanol–water partition coefficient (Wildman–Crippen LogP) is 3.71. The second-order valence-electron chi connectivity index (χ2n) is 6.50. The molecule has 0 aliphatic heterocycles. The summed E-state index contributed by atoms with van der Waals surface area (Å²) in [6.45, 7) is 7.74. The number of carbonyl (C=O) groups is 1. The van der Waals surface area contributed by atoms with E-state index in [9.17, 15) is 4.79 Å². The van der Waals surface area contributed by atoms with Crippen molar-refractivity contribution in [3.05, 3.63) is 36.0 Å². The third-order valence-corrected chi connectivity index (χ3v) is 5.07. The van der Waals surface area contributed by atoms with E-state index in [-0.39, 0.29) is 12.5 Å². The molecule has 23 heavy (non-hydrogen) atoms. The molecule has 0 N–H and O–H groups in total. The number of hydrogen-bond acceptors (Lipinski definition) is 5. The van der Waals surface area contributed by atoms with Crippen LogP contribution >= 0.6 is 0 Å². The third kappa shape index (κ3) is 5.04. The van der Waals surface area contributed by atoms with Crippen LogP contribution in [-0.4, -0.2) is 39.5 Å². The van der Waals surface area contributed by atoms with Crippen LogP contribution in [0, 0.1) is 0 Å². The van der Waals surface area contributed by atoms with Gasteiger partial charge >= 0.3 is 5.97 Å². The summed E-state index contributed by atoms with van der Waals surface area (Å²) in [5.41, 5.74) is 0.913. The number of methoxy groups -OCH3 is 1. The van der Waals surface area contributed by atoms with Gasteiger partial charge in [0.25, 0.3) is 0 Å². The third-order valence-electron chi connectivity index (χ3n) is 3.37. The van der Waals surface area contributed by atoms with E-state index in [4.69, 9.17) is 14.2 Å². The van der Waals surface area contributed by atoms with Crippen LogP contribution < -0.4 is 4.74 Å². The molecule has 6 heteroatoms. The molecule has 0 saturated heterocycles. The summed E-state index contributed by atoms with van der Waals surface area (Å²) in [5, 5.41) is 0.842. The van der Waals surface area contributed by atoms with Crippen molar-refractivity contribution in [1.82, 2.24) is 4.98 Å². The average Bonchev–Trinajstić information content (AvgIpc) is 2.52. The molecular formula is C17H23NO4Si. The number of aromatic nitrogens is 1. The van der Waals surface area contributed by atoms with Gasteiger partial charge in [0.1, 0.15) is 5.75 Å². The lowest BCUT2D eigenvalue weighted by Crippen LogP contribution is -2.22. The first kappa shape index (κ1) is 17.4. The van der Waals surface area contributed by atoms with E-state index in [1.54, 1.807) is 6.07 Å². The van der Waals surface area contributed by atoms with Crippen LogP contribution in [0.2, 0.25) is 25.7 Å². The SMILES string of the molecule is COC(=O)c1cc(OCOCC[Si](C)(C)C)c2ccccc2n1. The van der Waals surface area contributed by atoms with Gasteiger partial charge in [-0.3, -0.25) is 0 Å². The Labute approximate surface area is 137 Å². The Balaban J connectivity index is 2.10. The molecule has 1 aromatic carbocycles. The number of esters is 1. The number of fused-ring (bicyclic) bond motifs is 1. The molecule has 5 nitrogen and oxygen atoms in total. The first-order chi connectivity index (χ1) is 10.9. The van der Waals surface area contributed by atoms with Crippen molar-refractivity contribution >= 4 is 24.9 Å². The minimum absolute atomic E-state index is 0.152. The van der Waals surface area contributed by atoms with Crippen molar-refractivity contribution in [1.29, 1.82) is 0 Å². The Hall–Kier alpha value is -1.92. The molecule has 1 aromatic heterocycles. The highest BCUT2D eigenvalue weighted by Gasteiger charge is 2.14. The first-order valence-electron chi connectivity index (χ1n) is 7.59. The molecule has 0 spiro atoms. The van der Waals surface area contributed by atoms with E-state index in [2.05, 4.69) is 24.6 Å². The van der Waals surface area contributed by atoms with Gasteiger partial charge in [0.15, 0.2) is 12.5 Å². The van der Waals surface area contributed by atoms with E-state index in [0.717, 1.165) is 11.4 Å². The predicted molar refractivity (Wildman–Crippen MR) is 92.7 cm³/mol. The molecule has 0 fully saturated rings. The molecule has 0 unspecified atom stereocenters. The summed E-state index contributed by atoms with van der Waals surface area (Å²) in [5.74, 6) is 0.0873. The fourth-order valence-corrected chi connectivity index (χ4v) is 2.77. The van der Waals surface area contributed by atoms with Gasteiger partial charge in [-0.1, -0.05) is 31.8 Å². The molecule has 2 rings (SSSR count). The maximum Gasteiger partial charge on any atom is 0.356 e. The molecule has 0 bridgehead atoms. The van der Waals surface area contributed by atoms with Crippen molar-refractivity contribution in [2.24, 2.45) is 0 Å². The maximum atomic E-state index is 11.7. The zero-order valence-electron chi connectivity index (χ0n) is 14.1. The Kier molecular flexibility index (Phi) is 5.73. The van der Waals surface area contributed by atoms with Gasteiger partial charge in [-0.15, -0.1) is 0 Å². The smallest absolute Gasteiger partial charge is 0.356 e. The summed E-state index contributed by atoms with van der Waals surface area (Å²) in [6.07, 6.45) is 0. The lowest BCUT2D eigenvalue weighted by atomic mass is 10.2. The topological polar surface area (TPSA) is 57.7 Å². The average molecular weight is 333 g/mol. The van der Waals surface area contributed by atoms with E-state index in [0.29, 0.717) is 17.9 Å². The molecule has 0 amide bonds. The zero-order chi connectivity index (χ0) is 16.9. The number of nitrogens with zero attached hydrogens (tertiary/aromatic N) is 1. The van der Waals surface area contributed by atoms with Gasteiger partial charge in [0.05, 0.1) is 12.6 Å². The number of pyridine rings is 1. The van der Waals surface area contributed by atoms with Crippen molar-refractivity contribution in [2.45, 2.75) is 25.7 Å². The molecule has 2 aromatic rings. The Morgan fingerprint density at radius 2 is 1.96 bits per heavy atom. The van der Waals surface area contributed by atoms with E-state index < -0.39 is 14.0 Å². The normalized spacial score (nSPS) is 11.5. The summed E-state index contributed by atoms with van der Waals surface area (Å²) in [7, 11) is 0.222. The molecule has 0 saturated carbocycles. The van der Waals surface area contributed by atoms with Gasteiger partial charge in [-0.05, 0) is 18.2 Å². The minimum atomic E-state index is -1.11. The number of para-hydroxylation sites is 1. The highest BCUT2D eigenvalue weighted by atomic mass is 28.3. The van der Waals surface area contributed by atoms with Crippen LogP contribution in [0.25, 0.3) is 10.9 Å². The first-order valence-corrected chi connectivity index (χ1v) is 11.3. The van der Waals surface area contributed by atoms with Crippen molar-refractivity contribution in [3.63, 3.8) is 0 Å². The number of carbonyl (C=O) groups excluding carboxylic acids is 1. The van der Waals surface area contributed by atoms with Crippen LogP contribution in [0.4, 0.5) is 0 Å². The largest absolute Gasteiger partial charge is 0.467 e. The zero-order valence-corrected chi connectivity index (χ0v) is 15.1. The van der Waals surface area contributed by atoms with Crippen LogP contribution in [0.15, 0.2) is 30.3 Å². The number of rotatable bonds is 7. The molecular weight excluding hydrogens is 310 g/mol. The van der Waals surface area contributed by atoms with Gasteiger partial charge in [-0.25, -0.2) is 9.78 Å². The summed E-state index contributed by atoms with van der Waals surface area (Å²) in [6, 6.07) is 10.2. The van der Waals surface area contributed by atoms with Gasteiger partial charge in [-0.2, -0.15) is 0 Å². The highest BCUT2D eigenvalue weighted by molar-refractivity contribution is 6.76. The van der Waals surface area contributed by atoms with Gasteiger partial charge < -0.3 is 14.2 Å². The number of ether oxygens (including phenoxy) is 3. The van der Waals surface area contributed by atoms with E-state index in [1.807, 2.05) is 24.3 Å². The Morgan fingerprint density at radius 3 is 2.65 bits per heavy atom. The summed E-state index contributed by atoms with van der Waals surface area (Å²) < 4.78 is 16.0. The van der Waals surface area contributed by atoms with Crippen LogP contribution in [0.5, 0.6) is 5.75 Å². The van der Waals surface area contributed by atoms with E-state index >= 15 is 0 Å². The molecule has 0 aliphatic carbocycles. The molecule has 1 heterocycles. The highest BCUT2D eigenvalue weighted by Crippen LogP contribution is 2.25. The standard InChI is InChI=1S/C17H23NO4Si/c1-20-17(19)15-11-16(13-7-5-6-8-14(13)18-15)22-12-21-9-10-23(2,3)4/h5-8,11H,9-10,12H2,1-4H3. The maximum absolute atomic E-state index is 11.7.